The van der Waals surface area contributed by atoms with Gasteiger partial charge in [-0.3, -0.25) is 9.69 Å². The lowest BCUT2D eigenvalue weighted by Crippen LogP contribution is -2.28. The monoisotopic (exact) mass is 419 g/mol. The predicted molar refractivity (Wildman–Crippen MR) is 116 cm³/mol. The smallest absolute Gasteiger partial charge is 0.267 e. The van der Waals surface area contributed by atoms with Gasteiger partial charge in [-0.15, -0.1) is 5.10 Å². The molecule has 0 saturated carbocycles. The zero-order valence-corrected chi connectivity index (χ0v) is 16.5. The van der Waals surface area contributed by atoms with Crippen molar-refractivity contribution >= 4 is 35.1 Å². The molecule has 7 nitrogen and oxygen atoms in total. The number of phenolic OH excluding ortho intramolecular Hbond substituents is 2. The van der Waals surface area contributed by atoms with E-state index in [0.717, 1.165) is 5.56 Å². The molecule has 3 aromatic rings. The number of para-hydroxylation sites is 1. The Bertz CT molecular complexity index is 1140. The van der Waals surface area contributed by atoms with Crippen molar-refractivity contribution in [1.82, 2.24) is 4.90 Å². The number of hydrogen-bond acceptors (Lipinski definition) is 7. The van der Waals surface area contributed by atoms with Crippen LogP contribution in [0.4, 0.5) is 0 Å². The van der Waals surface area contributed by atoms with Gasteiger partial charge in [-0.1, -0.05) is 24.3 Å². The number of hydrogen-bond donors (Lipinski definition) is 2. The van der Waals surface area contributed by atoms with Crippen LogP contribution in [-0.2, 0) is 11.3 Å². The number of rotatable bonds is 5. The molecule has 1 fully saturated rings. The first-order valence-corrected chi connectivity index (χ1v) is 9.83. The van der Waals surface area contributed by atoms with Gasteiger partial charge in [-0.2, -0.15) is 5.10 Å². The lowest BCUT2D eigenvalue weighted by atomic mass is 10.2. The number of nitrogens with zero attached hydrogens (tertiary/aromatic N) is 3. The van der Waals surface area contributed by atoms with Crippen molar-refractivity contribution < 1.29 is 19.4 Å². The van der Waals surface area contributed by atoms with Gasteiger partial charge in [0, 0.05) is 5.56 Å². The number of carbonyl (C=O) groups is 1. The van der Waals surface area contributed by atoms with E-state index in [1.807, 2.05) is 0 Å². The summed E-state index contributed by atoms with van der Waals surface area (Å²) >= 11 is 1.19. The molecule has 0 unspecified atom stereocenters. The van der Waals surface area contributed by atoms with E-state index in [2.05, 4.69) is 10.2 Å². The maximum Gasteiger partial charge on any atom is 0.267 e. The van der Waals surface area contributed by atoms with Crippen LogP contribution in [0, 0.1) is 0 Å². The highest BCUT2D eigenvalue weighted by Gasteiger charge is 2.34. The largest absolute Gasteiger partial charge is 0.508 e. The first-order valence-electron chi connectivity index (χ1n) is 9.02. The second-order valence-corrected chi connectivity index (χ2v) is 7.37. The fourth-order valence-corrected chi connectivity index (χ4v) is 3.67. The quantitative estimate of drug-likeness (QED) is 0.367. The molecule has 2 N–H and O–H groups in total. The minimum atomic E-state index is -0.221. The van der Waals surface area contributed by atoms with Crippen LogP contribution in [0.15, 0.2) is 86.5 Å². The van der Waals surface area contributed by atoms with E-state index in [9.17, 15) is 15.0 Å². The normalized spacial score (nSPS) is 16.9. The third-order valence-corrected chi connectivity index (χ3v) is 5.25. The average Bonchev–Trinajstić information content (AvgIpc) is 3.35. The van der Waals surface area contributed by atoms with E-state index in [0.29, 0.717) is 21.4 Å². The Kier molecular flexibility index (Phi) is 5.67. The number of aromatic hydroxyl groups is 2. The maximum atomic E-state index is 13.0. The highest BCUT2D eigenvalue weighted by molar-refractivity contribution is 8.18. The summed E-state index contributed by atoms with van der Waals surface area (Å²) in [6.07, 6.45) is 4.71. The van der Waals surface area contributed by atoms with Gasteiger partial charge in [0.25, 0.3) is 5.91 Å². The Balaban J connectivity index is 1.62. The van der Waals surface area contributed by atoms with Crippen LogP contribution in [0.2, 0.25) is 0 Å². The van der Waals surface area contributed by atoms with Gasteiger partial charge in [0.05, 0.1) is 23.9 Å². The van der Waals surface area contributed by atoms with Crippen LogP contribution in [0.1, 0.15) is 16.9 Å². The van der Waals surface area contributed by atoms with Crippen molar-refractivity contribution in [2.75, 3.05) is 0 Å². The molecule has 1 aromatic heterocycles. The van der Waals surface area contributed by atoms with Crippen molar-refractivity contribution in [1.29, 1.82) is 0 Å². The van der Waals surface area contributed by atoms with E-state index in [-0.39, 0.29) is 24.0 Å². The minimum absolute atomic E-state index is 0.0944. The number of furan rings is 1. The second kappa shape index (κ2) is 8.71. The third-order valence-electron chi connectivity index (χ3n) is 4.25. The molecular weight excluding hydrogens is 402 g/mol. The fraction of sp³-hybridized carbons (Fsp3) is 0.0455. The molecule has 2 aromatic carbocycles. The number of carbonyl (C=O) groups excluding carboxylic acids is 1. The Morgan fingerprint density at radius 2 is 1.83 bits per heavy atom. The van der Waals surface area contributed by atoms with Crippen molar-refractivity contribution in [3.63, 3.8) is 0 Å². The van der Waals surface area contributed by atoms with Crippen LogP contribution in [0.25, 0.3) is 6.08 Å². The van der Waals surface area contributed by atoms with Gasteiger partial charge in [0.2, 0.25) is 0 Å². The highest BCUT2D eigenvalue weighted by atomic mass is 32.2. The molecule has 0 aliphatic carbocycles. The van der Waals surface area contributed by atoms with Crippen molar-refractivity contribution in [3.05, 3.63) is 88.7 Å². The van der Waals surface area contributed by atoms with E-state index in [1.54, 1.807) is 73.0 Å². The molecule has 0 spiro atoms. The molecule has 4 rings (SSSR count). The van der Waals surface area contributed by atoms with Crippen LogP contribution < -0.4 is 0 Å². The summed E-state index contributed by atoms with van der Waals surface area (Å²) in [5.41, 5.74) is 1.30. The molecule has 2 heterocycles. The van der Waals surface area contributed by atoms with Crippen LogP contribution in [0.5, 0.6) is 11.5 Å². The second-order valence-electron chi connectivity index (χ2n) is 6.36. The van der Waals surface area contributed by atoms with Crippen molar-refractivity contribution in [2.45, 2.75) is 6.54 Å². The van der Waals surface area contributed by atoms with E-state index < -0.39 is 0 Å². The molecule has 1 saturated heterocycles. The molecule has 150 valence electrons. The van der Waals surface area contributed by atoms with E-state index in [4.69, 9.17) is 4.42 Å². The molecule has 1 amide bonds. The lowest BCUT2D eigenvalue weighted by Gasteiger charge is -2.12. The van der Waals surface area contributed by atoms with E-state index in [1.165, 1.54) is 22.9 Å². The summed E-state index contributed by atoms with van der Waals surface area (Å²) < 4.78 is 5.37. The molecule has 1 aliphatic rings. The standard InChI is InChI=1S/C22H17N3O4S/c26-17-9-7-15(8-10-17)12-20-21(28)25(14-18-5-3-11-29-18)22(30-20)24-23-13-16-4-1-2-6-19(16)27/h1-13,26-27H,14H2/b20-12-,23-13+,24-22-. The number of amidine groups is 1. The number of amides is 1. The molecular formula is C22H17N3O4S. The Hall–Kier alpha value is -3.78. The van der Waals surface area contributed by atoms with Gasteiger partial charge in [0.15, 0.2) is 5.17 Å². The minimum Gasteiger partial charge on any atom is -0.508 e. The van der Waals surface area contributed by atoms with Crippen molar-refractivity contribution in [3.8, 4) is 11.5 Å². The van der Waals surface area contributed by atoms with Gasteiger partial charge < -0.3 is 14.6 Å². The average molecular weight is 419 g/mol. The number of phenols is 2. The van der Waals surface area contributed by atoms with Crippen molar-refractivity contribution in [2.24, 2.45) is 10.2 Å². The van der Waals surface area contributed by atoms with Crippen LogP contribution in [-0.4, -0.2) is 32.4 Å². The Labute approximate surface area is 176 Å². The zero-order valence-electron chi connectivity index (χ0n) is 15.7. The van der Waals surface area contributed by atoms with Crippen LogP contribution in [0.3, 0.4) is 0 Å². The fourth-order valence-electron chi connectivity index (χ4n) is 2.74. The molecule has 0 atom stereocenters. The molecule has 1 aliphatic heterocycles. The Morgan fingerprint density at radius 1 is 1.03 bits per heavy atom. The topological polar surface area (TPSA) is 98.6 Å². The summed E-state index contributed by atoms with van der Waals surface area (Å²) in [6.45, 7) is 0.219. The molecule has 30 heavy (non-hydrogen) atoms. The van der Waals surface area contributed by atoms with Gasteiger partial charge in [-0.05, 0) is 59.8 Å². The SMILES string of the molecule is O=C1/C(=C/c2ccc(O)cc2)S/C(=N\N=C\c2ccccc2O)N1Cc1ccco1. The van der Waals surface area contributed by atoms with Gasteiger partial charge in [-0.25, -0.2) is 0 Å². The van der Waals surface area contributed by atoms with E-state index >= 15 is 0 Å². The molecule has 0 bridgehead atoms. The number of thioether (sulfide) groups is 1. The summed E-state index contributed by atoms with van der Waals surface area (Å²) in [4.78, 5) is 14.9. The molecule has 0 radical (unpaired) electrons. The summed E-state index contributed by atoms with van der Waals surface area (Å²) in [5.74, 6) is 0.646. The maximum absolute atomic E-state index is 13.0. The first kappa shape index (κ1) is 19.5. The summed E-state index contributed by atoms with van der Waals surface area (Å²) in [7, 11) is 0. The first-order chi connectivity index (χ1) is 14.6. The van der Waals surface area contributed by atoms with Crippen LogP contribution >= 0.6 is 11.8 Å². The highest BCUT2D eigenvalue weighted by Crippen LogP contribution is 2.34. The Morgan fingerprint density at radius 3 is 2.57 bits per heavy atom. The third kappa shape index (κ3) is 4.44. The number of benzene rings is 2. The lowest BCUT2D eigenvalue weighted by molar-refractivity contribution is -0.122. The predicted octanol–water partition coefficient (Wildman–Crippen LogP) is 4.20. The van der Waals surface area contributed by atoms with Gasteiger partial charge in [0.1, 0.15) is 17.3 Å². The summed E-state index contributed by atoms with van der Waals surface area (Å²) in [6, 6.07) is 16.9. The molecule has 8 heteroatoms. The zero-order chi connectivity index (χ0) is 20.9. The summed E-state index contributed by atoms with van der Waals surface area (Å²) in [5, 5.41) is 27.9. The van der Waals surface area contributed by atoms with Gasteiger partial charge >= 0.3 is 0 Å².